The summed E-state index contributed by atoms with van der Waals surface area (Å²) >= 11 is 1.32. The molecule has 0 spiro atoms. The van der Waals surface area contributed by atoms with Crippen LogP contribution >= 0.6 is 11.8 Å². The van der Waals surface area contributed by atoms with Gasteiger partial charge in [0.25, 0.3) is 0 Å². The number of tetrazole rings is 1. The normalized spacial score (nSPS) is 12.0. The van der Waals surface area contributed by atoms with Crippen molar-refractivity contribution in [3.05, 3.63) is 24.3 Å². The van der Waals surface area contributed by atoms with E-state index in [0.29, 0.717) is 24.1 Å². The number of amides is 1. The van der Waals surface area contributed by atoms with Crippen molar-refractivity contribution in [1.82, 2.24) is 25.5 Å². The monoisotopic (exact) mass is 335 g/mol. The van der Waals surface area contributed by atoms with Crippen LogP contribution in [0.2, 0.25) is 0 Å². The van der Waals surface area contributed by atoms with Crippen LogP contribution in [0.4, 0.5) is 0 Å². The Morgan fingerprint density at radius 1 is 1.39 bits per heavy atom. The van der Waals surface area contributed by atoms with E-state index in [-0.39, 0.29) is 11.2 Å². The van der Waals surface area contributed by atoms with Crippen LogP contribution in [-0.2, 0) is 4.79 Å². The number of aromatic nitrogens is 4. The van der Waals surface area contributed by atoms with Gasteiger partial charge in [-0.1, -0.05) is 30.8 Å². The van der Waals surface area contributed by atoms with E-state index in [9.17, 15) is 4.79 Å². The Labute approximate surface area is 139 Å². The van der Waals surface area contributed by atoms with E-state index >= 15 is 0 Å². The van der Waals surface area contributed by atoms with Crippen LogP contribution in [0, 0.1) is 0 Å². The number of carbonyl (C=O) groups is 1. The quantitative estimate of drug-likeness (QED) is 0.744. The average Bonchev–Trinajstić information content (AvgIpc) is 3.01. The van der Waals surface area contributed by atoms with Crippen molar-refractivity contribution < 1.29 is 9.53 Å². The van der Waals surface area contributed by atoms with Gasteiger partial charge in [-0.05, 0) is 42.8 Å². The largest absolute Gasteiger partial charge is 0.492 e. The summed E-state index contributed by atoms with van der Waals surface area (Å²) in [6, 6.07) is 7.54. The summed E-state index contributed by atoms with van der Waals surface area (Å²) < 4.78 is 7.21. The first-order valence-corrected chi connectivity index (χ1v) is 8.50. The lowest BCUT2D eigenvalue weighted by Crippen LogP contribution is -2.31. The number of carbonyl (C=O) groups excluding carboxylic acids is 1. The number of rotatable bonds is 8. The van der Waals surface area contributed by atoms with Gasteiger partial charge in [0.05, 0.1) is 11.9 Å². The molecule has 124 valence electrons. The molecule has 0 radical (unpaired) electrons. The van der Waals surface area contributed by atoms with Crippen molar-refractivity contribution >= 4 is 17.7 Å². The average molecular weight is 335 g/mol. The number of hydrogen-bond donors (Lipinski definition) is 1. The number of thioether (sulfide) groups is 1. The summed E-state index contributed by atoms with van der Waals surface area (Å²) in [4.78, 5) is 12.0. The molecule has 2 rings (SSSR count). The minimum atomic E-state index is -0.287. The van der Waals surface area contributed by atoms with Gasteiger partial charge in [0.2, 0.25) is 11.1 Å². The Morgan fingerprint density at radius 2 is 2.17 bits per heavy atom. The minimum absolute atomic E-state index is 0.0236. The van der Waals surface area contributed by atoms with Crippen LogP contribution in [0.15, 0.2) is 29.4 Å². The van der Waals surface area contributed by atoms with Gasteiger partial charge < -0.3 is 10.1 Å². The second-order valence-corrected chi connectivity index (χ2v) is 6.13. The SMILES string of the molecule is CCCNC(=O)C(C)Sc1nnnn1-c1ccccc1OCC. The third-order valence-corrected chi connectivity index (χ3v) is 4.07. The summed E-state index contributed by atoms with van der Waals surface area (Å²) in [5, 5.41) is 14.9. The Hall–Kier alpha value is -2.09. The minimum Gasteiger partial charge on any atom is -0.492 e. The first-order valence-electron chi connectivity index (χ1n) is 7.62. The highest BCUT2D eigenvalue weighted by Gasteiger charge is 2.20. The van der Waals surface area contributed by atoms with Gasteiger partial charge in [0, 0.05) is 6.54 Å². The van der Waals surface area contributed by atoms with Crippen molar-refractivity contribution in [2.75, 3.05) is 13.2 Å². The zero-order valence-corrected chi connectivity index (χ0v) is 14.3. The first kappa shape index (κ1) is 17.3. The molecule has 1 amide bonds. The molecule has 0 aliphatic heterocycles. The fourth-order valence-electron chi connectivity index (χ4n) is 1.92. The predicted molar refractivity (Wildman–Crippen MR) is 88.9 cm³/mol. The highest BCUT2D eigenvalue weighted by molar-refractivity contribution is 8.00. The van der Waals surface area contributed by atoms with Crippen LogP contribution in [0.25, 0.3) is 5.69 Å². The topological polar surface area (TPSA) is 81.9 Å². The van der Waals surface area contributed by atoms with Gasteiger partial charge in [-0.3, -0.25) is 4.79 Å². The van der Waals surface area contributed by atoms with Crippen LogP contribution in [0.5, 0.6) is 5.75 Å². The first-order chi connectivity index (χ1) is 11.2. The number of hydrogen-bond acceptors (Lipinski definition) is 6. The van der Waals surface area contributed by atoms with Gasteiger partial charge in [-0.25, -0.2) is 0 Å². The molecule has 1 aromatic heterocycles. The molecule has 1 N–H and O–H groups in total. The Morgan fingerprint density at radius 3 is 2.91 bits per heavy atom. The number of para-hydroxylation sites is 2. The van der Waals surface area contributed by atoms with Crippen molar-refractivity contribution in [3.63, 3.8) is 0 Å². The van der Waals surface area contributed by atoms with Gasteiger partial charge in [-0.15, -0.1) is 5.10 Å². The van der Waals surface area contributed by atoms with Gasteiger partial charge in [-0.2, -0.15) is 4.68 Å². The van der Waals surface area contributed by atoms with Crippen LogP contribution in [0.3, 0.4) is 0 Å². The van der Waals surface area contributed by atoms with E-state index in [1.165, 1.54) is 11.8 Å². The Bertz CT molecular complexity index is 646. The van der Waals surface area contributed by atoms with Gasteiger partial charge >= 0.3 is 0 Å². The molecule has 1 unspecified atom stereocenters. The smallest absolute Gasteiger partial charge is 0.233 e. The van der Waals surface area contributed by atoms with Crippen molar-refractivity contribution in [1.29, 1.82) is 0 Å². The molecule has 8 heteroatoms. The molecule has 0 saturated carbocycles. The third-order valence-electron chi connectivity index (χ3n) is 3.03. The lowest BCUT2D eigenvalue weighted by molar-refractivity contribution is -0.120. The molecule has 0 fully saturated rings. The molecule has 7 nitrogen and oxygen atoms in total. The van der Waals surface area contributed by atoms with Crippen LogP contribution < -0.4 is 10.1 Å². The molecule has 1 atom stereocenters. The maximum absolute atomic E-state index is 12.0. The van der Waals surface area contributed by atoms with Crippen molar-refractivity contribution in [2.24, 2.45) is 0 Å². The highest BCUT2D eigenvalue weighted by atomic mass is 32.2. The van der Waals surface area contributed by atoms with Crippen molar-refractivity contribution in [3.8, 4) is 11.4 Å². The van der Waals surface area contributed by atoms with E-state index in [1.807, 2.05) is 45.0 Å². The zero-order chi connectivity index (χ0) is 16.7. The second kappa shape index (κ2) is 8.52. The van der Waals surface area contributed by atoms with Gasteiger partial charge in [0.15, 0.2) is 0 Å². The molecule has 2 aromatic rings. The second-order valence-electron chi connectivity index (χ2n) is 4.83. The van der Waals surface area contributed by atoms with E-state index in [1.54, 1.807) is 4.68 Å². The zero-order valence-electron chi connectivity index (χ0n) is 13.5. The third kappa shape index (κ3) is 4.44. The molecule has 1 aromatic carbocycles. The summed E-state index contributed by atoms with van der Waals surface area (Å²) in [6.45, 7) is 7.00. The van der Waals surface area contributed by atoms with Gasteiger partial charge in [0.1, 0.15) is 11.4 Å². The summed E-state index contributed by atoms with van der Waals surface area (Å²) in [6.07, 6.45) is 0.905. The summed E-state index contributed by atoms with van der Waals surface area (Å²) in [5.41, 5.74) is 0.753. The molecule has 0 bridgehead atoms. The standard InChI is InChI=1S/C15H21N5O2S/c1-4-10-16-14(21)11(3)23-15-17-18-19-20(15)12-8-6-7-9-13(12)22-5-2/h6-9,11H,4-5,10H2,1-3H3,(H,16,21). The van der Waals surface area contributed by atoms with Crippen LogP contribution in [0.1, 0.15) is 27.2 Å². The lowest BCUT2D eigenvalue weighted by atomic mass is 10.3. The molecule has 0 aliphatic rings. The predicted octanol–water partition coefficient (Wildman–Crippen LogP) is 2.07. The number of benzene rings is 1. The van der Waals surface area contributed by atoms with E-state index < -0.39 is 0 Å². The molecule has 1 heterocycles. The van der Waals surface area contributed by atoms with E-state index in [2.05, 4.69) is 20.8 Å². The number of nitrogens with one attached hydrogen (secondary N) is 1. The number of ether oxygens (including phenoxy) is 1. The molecular weight excluding hydrogens is 314 g/mol. The highest BCUT2D eigenvalue weighted by Crippen LogP contribution is 2.27. The summed E-state index contributed by atoms with van der Waals surface area (Å²) in [7, 11) is 0. The lowest BCUT2D eigenvalue weighted by Gasteiger charge is -2.13. The molecular formula is C15H21N5O2S. The fourth-order valence-corrected chi connectivity index (χ4v) is 2.74. The summed E-state index contributed by atoms with van der Waals surface area (Å²) in [5.74, 6) is 0.678. The number of nitrogens with zero attached hydrogens (tertiary/aromatic N) is 4. The van der Waals surface area contributed by atoms with E-state index in [0.717, 1.165) is 12.1 Å². The maximum Gasteiger partial charge on any atom is 0.233 e. The Kier molecular flexibility index (Phi) is 6.40. The fraction of sp³-hybridized carbons (Fsp3) is 0.467. The van der Waals surface area contributed by atoms with Crippen molar-refractivity contribution in [2.45, 2.75) is 37.6 Å². The molecule has 0 aliphatic carbocycles. The van der Waals surface area contributed by atoms with E-state index in [4.69, 9.17) is 4.74 Å². The maximum atomic E-state index is 12.0. The molecule has 0 saturated heterocycles. The molecule has 23 heavy (non-hydrogen) atoms. The van der Waals surface area contributed by atoms with Crippen LogP contribution in [-0.4, -0.2) is 44.5 Å². The Balaban J connectivity index is 2.18.